The van der Waals surface area contributed by atoms with Crippen molar-refractivity contribution in [2.45, 2.75) is 32.4 Å². The van der Waals surface area contributed by atoms with Crippen LogP contribution in [-0.2, 0) is 24.4 Å². The minimum atomic E-state index is 0.0163. The third kappa shape index (κ3) is 6.22. The van der Waals surface area contributed by atoms with Crippen LogP contribution in [0.25, 0.3) is 0 Å². The van der Waals surface area contributed by atoms with Crippen LogP contribution in [0.2, 0.25) is 0 Å². The Morgan fingerprint density at radius 2 is 1.77 bits per heavy atom. The molecule has 0 saturated carbocycles. The van der Waals surface area contributed by atoms with Crippen molar-refractivity contribution in [3.05, 3.63) is 83.7 Å². The lowest BCUT2D eigenvalue weighted by Crippen LogP contribution is -2.22. The molecule has 1 aliphatic rings. The van der Waals surface area contributed by atoms with Gasteiger partial charge in [0.25, 0.3) is 0 Å². The van der Waals surface area contributed by atoms with Crippen LogP contribution in [-0.4, -0.2) is 24.1 Å². The monoisotopic (exact) mass is 418 g/mol. The number of rotatable bonds is 8. The Labute approximate surface area is 182 Å². The highest BCUT2D eigenvalue weighted by atomic mass is 16.5. The summed E-state index contributed by atoms with van der Waals surface area (Å²) in [6.45, 7) is 2.24. The summed E-state index contributed by atoms with van der Waals surface area (Å²) < 4.78 is 17.1. The van der Waals surface area contributed by atoms with E-state index in [-0.39, 0.29) is 5.91 Å². The largest absolute Gasteiger partial charge is 0.490 e. The number of aromatic nitrogens is 1. The quantitative estimate of drug-likeness (QED) is 0.597. The highest BCUT2D eigenvalue weighted by Gasteiger charge is 2.11. The van der Waals surface area contributed by atoms with Crippen LogP contribution >= 0.6 is 0 Å². The number of nitrogens with one attached hydrogen (secondary N) is 1. The lowest BCUT2D eigenvalue weighted by Gasteiger charge is -2.10. The predicted octanol–water partition coefficient (Wildman–Crippen LogP) is 4.07. The number of hydrogen-bond donors (Lipinski definition) is 1. The van der Waals surface area contributed by atoms with Crippen molar-refractivity contribution in [2.24, 2.45) is 0 Å². The summed E-state index contributed by atoms with van der Waals surface area (Å²) in [6.07, 6.45) is 3.71. The maximum Gasteiger partial charge on any atom is 0.220 e. The molecule has 0 saturated heterocycles. The summed E-state index contributed by atoms with van der Waals surface area (Å²) in [4.78, 5) is 16.5. The predicted molar refractivity (Wildman–Crippen MR) is 117 cm³/mol. The van der Waals surface area contributed by atoms with E-state index in [2.05, 4.69) is 10.3 Å². The number of fused-ring (bicyclic) bond motifs is 1. The minimum absolute atomic E-state index is 0.0163. The van der Waals surface area contributed by atoms with E-state index in [0.29, 0.717) is 39.2 Å². The van der Waals surface area contributed by atoms with E-state index in [1.807, 2.05) is 60.7 Å². The molecule has 3 aromatic rings. The van der Waals surface area contributed by atoms with E-state index in [9.17, 15) is 4.79 Å². The SMILES string of the molecule is O=C(CCc1ccc2c(c1)OCCCO2)NCc1ccc(OCc2ccccn2)cc1. The third-order valence-electron chi connectivity index (χ3n) is 4.98. The maximum atomic E-state index is 12.3. The van der Waals surface area contributed by atoms with Crippen LogP contribution in [0, 0.1) is 0 Å². The molecular weight excluding hydrogens is 392 g/mol. The number of aryl methyl sites for hydroxylation is 1. The van der Waals surface area contributed by atoms with Gasteiger partial charge in [-0.25, -0.2) is 0 Å². The molecule has 160 valence electrons. The van der Waals surface area contributed by atoms with Gasteiger partial charge in [0, 0.05) is 25.6 Å². The molecule has 0 atom stereocenters. The second-order valence-electron chi connectivity index (χ2n) is 7.36. The van der Waals surface area contributed by atoms with Gasteiger partial charge < -0.3 is 19.5 Å². The topological polar surface area (TPSA) is 69.7 Å². The summed E-state index contributed by atoms with van der Waals surface area (Å²) in [5.41, 5.74) is 2.97. The fourth-order valence-electron chi connectivity index (χ4n) is 3.25. The van der Waals surface area contributed by atoms with Gasteiger partial charge in [0.05, 0.1) is 18.9 Å². The molecule has 31 heavy (non-hydrogen) atoms. The smallest absolute Gasteiger partial charge is 0.220 e. The number of carbonyl (C=O) groups is 1. The Bertz CT molecular complexity index is 990. The first-order chi connectivity index (χ1) is 15.3. The molecule has 0 radical (unpaired) electrons. The van der Waals surface area contributed by atoms with Gasteiger partial charge >= 0.3 is 0 Å². The van der Waals surface area contributed by atoms with Crippen LogP contribution in [0.1, 0.15) is 29.7 Å². The first-order valence-electron chi connectivity index (χ1n) is 10.5. The van der Waals surface area contributed by atoms with Gasteiger partial charge in [-0.2, -0.15) is 0 Å². The summed E-state index contributed by atoms with van der Waals surface area (Å²) in [5.74, 6) is 2.33. The molecule has 1 N–H and O–H groups in total. The van der Waals surface area contributed by atoms with Crippen molar-refractivity contribution in [2.75, 3.05) is 13.2 Å². The molecule has 2 aromatic carbocycles. The molecule has 1 aromatic heterocycles. The van der Waals surface area contributed by atoms with Crippen molar-refractivity contribution in [1.29, 1.82) is 0 Å². The summed E-state index contributed by atoms with van der Waals surface area (Å²) in [5, 5.41) is 2.97. The van der Waals surface area contributed by atoms with E-state index >= 15 is 0 Å². The van der Waals surface area contributed by atoms with Crippen molar-refractivity contribution in [1.82, 2.24) is 10.3 Å². The van der Waals surface area contributed by atoms with E-state index in [0.717, 1.165) is 40.5 Å². The molecule has 1 aliphatic heterocycles. The Kier molecular flexibility index (Phi) is 7.00. The average molecular weight is 418 g/mol. The van der Waals surface area contributed by atoms with Gasteiger partial charge in [-0.15, -0.1) is 0 Å². The summed E-state index contributed by atoms with van der Waals surface area (Å²) in [7, 11) is 0. The van der Waals surface area contributed by atoms with Gasteiger partial charge in [0.15, 0.2) is 11.5 Å². The molecule has 6 nitrogen and oxygen atoms in total. The normalized spacial score (nSPS) is 12.6. The number of ether oxygens (including phenoxy) is 3. The molecule has 0 aliphatic carbocycles. The van der Waals surface area contributed by atoms with Gasteiger partial charge in [-0.1, -0.05) is 24.3 Å². The second-order valence-corrected chi connectivity index (χ2v) is 7.36. The minimum Gasteiger partial charge on any atom is -0.490 e. The number of pyridine rings is 1. The molecule has 0 fully saturated rings. The Balaban J connectivity index is 1.20. The first-order valence-corrected chi connectivity index (χ1v) is 10.5. The zero-order valence-corrected chi connectivity index (χ0v) is 17.4. The number of hydrogen-bond acceptors (Lipinski definition) is 5. The fourth-order valence-corrected chi connectivity index (χ4v) is 3.25. The third-order valence-corrected chi connectivity index (χ3v) is 4.98. The Hall–Kier alpha value is -3.54. The lowest BCUT2D eigenvalue weighted by molar-refractivity contribution is -0.121. The maximum absolute atomic E-state index is 12.3. The molecule has 4 rings (SSSR count). The first kappa shape index (κ1) is 20.7. The average Bonchev–Trinajstić information content (AvgIpc) is 3.06. The Morgan fingerprint density at radius 1 is 0.968 bits per heavy atom. The van der Waals surface area contributed by atoms with Crippen molar-refractivity contribution in [3.8, 4) is 17.2 Å². The summed E-state index contributed by atoms with van der Waals surface area (Å²) in [6, 6.07) is 19.3. The molecule has 0 unspecified atom stereocenters. The molecule has 0 spiro atoms. The van der Waals surface area contributed by atoms with Gasteiger partial charge in [-0.3, -0.25) is 9.78 Å². The van der Waals surface area contributed by atoms with Crippen molar-refractivity contribution >= 4 is 5.91 Å². The molecule has 6 heteroatoms. The number of benzene rings is 2. The van der Waals surface area contributed by atoms with Crippen LogP contribution in [0.3, 0.4) is 0 Å². The summed E-state index contributed by atoms with van der Waals surface area (Å²) >= 11 is 0. The molecule has 0 bridgehead atoms. The van der Waals surface area contributed by atoms with Gasteiger partial charge in [0.2, 0.25) is 5.91 Å². The van der Waals surface area contributed by atoms with Gasteiger partial charge in [-0.05, 0) is 53.9 Å². The number of carbonyl (C=O) groups excluding carboxylic acids is 1. The zero-order valence-electron chi connectivity index (χ0n) is 17.4. The second kappa shape index (κ2) is 10.5. The van der Waals surface area contributed by atoms with E-state index < -0.39 is 0 Å². The van der Waals surface area contributed by atoms with E-state index in [4.69, 9.17) is 14.2 Å². The van der Waals surface area contributed by atoms with Crippen LogP contribution in [0.5, 0.6) is 17.2 Å². The van der Waals surface area contributed by atoms with Crippen LogP contribution < -0.4 is 19.5 Å². The number of amides is 1. The highest BCUT2D eigenvalue weighted by Crippen LogP contribution is 2.30. The zero-order chi connectivity index (χ0) is 21.3. The fraction of sp³-hybridized carbons (Fsp3) is 0.280. The Morgan fingerprint density at radius 3 is 2.58 bits per heavy atom. The molecule has 1 amide bonds. The van der Waals surface area contributed by atoms with Crippen LogP contribution in [0.4, 0.5) is 0 Å². The van der Waals surface area contributed by atoms with Crippen molar-refractivity contribution in [3.63, 3.8) is 0 Å². The van der Waals surface area contributed by atoms with Gasteiger partial charge in [0.1, 0.15) is 12.4 Å². The van der Waals surface area contributed by atoms with Crippen molar-refractivity contribution < 1.29 is 19.0 Å². The highest BCUT2D eigenvalue weighted by molar-refractivity contribution is 5.76. The van der Waals surface area contributed by atoms with E-state index in [1.54, 1.807) is 6.20 Å². The molecule has 2 heterocycles. The lowest BCUT2D eigenvalue weighted by atomic mass is 10.1. The van der Waals surface area contributed by atoms with Crippen LogP contribution in [0.15, 0.2) is 66.9 Å². The number of nitrogens with zero attached hydrogens (tertiary/aromatic N) is 1. The molecular formula is C25H26N2O4. The van der Waals surface area contributed by atoms with E-state index in [1.165, 1.54) is 0 Å². The standard InChI is InChI=1S/C25H26N2O4/c28-25(12-8-19-7-11-23-24(16-19)30-15-3-14-29-23)27-17-20-5-9-22(10-6-20)31-18-21-4-1-2-13-26-21/h1-2,4-7,9-11,13,16H,3,8,12,14-15,17-18H2,(H,27,28).